The van der Waals surface area contributed by atoms with Crippen molar-refractivity contribution in [3.63, 3.8) is 0 Å². The Hall–Kier alpha value is -1.60. The summed E-state index contributed by atoms with van der Waals surface area (Å²) in [6, 6.07) is 5.19. The molecule has 0 bridgehead atoms. The lowest BCUT2D eigenvalue weighted by Gasteiger charge is -2.29. The summed E-state index contributed by atoms with van der Waals surface area (Å²) in [5.41, 5.74) is 7.47. The van der Waals surface area contributed by atoms with Crippen LogP contribution in [0.25, 0.3) is 0 Å². The first-order valence-corrected chi connectivity index (χ1v) is 7.05. The highest BCUT2D eigenvalue weighted by Gasteiger charge is 2.28. The zero-order valence-corrected chi connectivity index (χ0v) is 13.4. The van der Waals surface area contributed by atoms with Gasteiger partial charge >= 0.3 is 0 Å². The molecule has 0 saturated heterocycles. The fourth-order valence-electron chi connectivity index (χ4n) is 2.13. The van der Waals surface area contributed by atoms with Crippen LogP contribution in [0.2, 0.25) is 0 Å². The Morgan fingerprint density at radius 1 is 1.50 bits per heavy atom. The molecule has 1 aromatic rings. The van der Waals surface area contributed by atoms with Gasteiger partial charge in [0.15, 0.2) is 5.11 Å². The number of nitrogens with two attached hydrogens (primary N) is 1. The van der Waals surface area contributed by atoms with Crippen LogP contribution in [0.5, 0.6) is 5.75 Å². The van der Waals surface area contributed by atoms with Gasteiger partial charge in [-0.3, -0.25) is 4.79 Å². The van der Waals surface area contributed by atoms with Gasteiger partial charge in [0.2, 0.25) is 5.91 Å². The van der Waals surface area contributed by atoms with Gasteiger partial charge in [-0.05, 0) is 52.8 Å². The highest BCUT2D eigenvalue weighted by Crippen LogP contribution is 2.32. The molecule has 106 valence electrons. The number of rotatable bonds is 3. The number of hydrogen-bond donors (Lipinski definition) is 3. The Morgan fingerprint density at radius 2 is 2.20 bits per heavy atom. The van der Waals surface area contributed by atoms with Crippen molar-refractivity contribution in [2.45, 2.75) is 13.0 Å². The van der Waals surface area contributed by atoms with Crippen LogP contribution in [-0.4, -0.2) is 18.1 Å². The Kier molecular flexibility index (Phi) is 4.29. The minimum atomic E-state index is -0.484. The maximum absolute atomic E-state index is 11.7. The van der Waals surface area contributed by atoms with Crippen molar-refractivity contribution >= 4 is 39.2 Å². The maximum Gasteiger partial charge on any atom is 0.248 e. The zero-order valence-electron chi connectivity index (χ0n) is 11.0. The number of carbonyl (C=O) groups excluding carboxylic acids is 1. The van der Waals surface area contributed by atoms with Gasteiger partial charge in [0, 0.05) is 5.70 Å². The van der Waals surface area contributed by atoms with Gasteiger partial charge in [0.25, 0.3) is 0 Å². The Labute approximate surface area is 130 Å². The highest BCUT2D eigenvalue weighted by atomic mass is 79.9. The molecule has 0 radical (unpaired) electrons. The van der Waals surface area contributed by atoms with Gasteiger partial charge in [-0.25, -0.2) is 0 Å². The van der Waals surface area contributed by atoms with Crippen molar-refractivity contribution in [2.24, 2.45) is 5.73 Å². The van der Waals surface area contributed by atoms with E-state index in [1.807, 2.05) is 18.2 Å². The summed E-state index contributed by atoms with van der Waals surface area (Å²) in [6.07, 6.45) is 0. The summed E-state index contributed by atoms with van der Waals surface area (Å²) in [4.78, 5) is 11.7. The van der Waals surface area contributed by atoms with Gasteiger partial charge in [0.05, 0.1) is 23.2 Å². The van der Waals surface area contributed by atoms with E-state index in [4.69, 9.17) is 22.7 Å². The summed E-state index contributed by atoms with van der Waals surface area (Å²) in [6.45, 7) is 1.78. The van der Waals surface area contributed by atoms with Gasteiger partial charge in [-0.15, -0.1) is 0 Å². The second-order valence-corrected chi connectivity index (χ2v) is 5.59. The van der Waals surface area contributed by atoms with E-state index in [1.165, 1.54) is 0 Å². The average molecular weight is 356 g/mol. The molecule has 0 fully saturated rings. The number of primary amides is 1. The van der Waals surface area contributed by atoms with Crippen molar-refractivity contribution in [3.05, 3.63) is 39.5 Å². The summed E-state index contributed by atoms with van der Waals surface area (Å²) in [7, 11) is 1.59. The Morgan fingerprint density at radius 3 is 2.75 bits per heavy atom. The van der Waals surface area contributed by atoms with Crippen LogP contribution in [0, 0.1) is 0 Å². The van der Waals surface area contributed by atoms with E-state index in [1.54, 1.807) is 14.0 Å². The molecule has 0 aromatic heterocycles. The van der Waals surface area contributed by atoms with Crippen molar-refractivity contribution in [2.75, 3.05) is 7.11 Å². The number of hydrogen-bond acceptors (Lipinski definition) is 3. The highest BCUT2D eigenvalue weighted by molar-refractivity contribution is 9.10. The summed E-state index contributed by atoms with van der Waals surface area (Å²) in [5.74, 6) is 0.230. The molecule has 5 nitrogen and oxygen atoms in total. The van der Waals surface area contributed by atoms with E-state index in [9.17, 15) is 4.79 Å². The Bertz CT molecular complexity index is 616. The molecule has 0 unspecified atom stereocenters. The molecule has 1 amide bonds. The van der Waals surface area contributed by atoms with Crippen LogP contribution in [0.1, 0.15) is 18.5 Å². The lowest BCUT2D eigenvalue weighted by molar-refractivity contribution is -0.115. The van der Waals surface area contributed by atoms with Crippen molar-refractivity contribution in [3.8, 4) is 5.75 Å². The lowest BCUT2D eigenvalue weighted by atomic mass is 9.95. The number of methoxy groups -OCH3 is 1. The van der Waals surface area contributed by atoms with E-state index < -0.39 is 5.91 Å². The van der Waals surface area contributed by atoms with E-state index in [0.29, 0.717) is 22.1 Å². The summed E-state index contributed by atoms with van der Waals surface area (Å²) >= 11 is 8.56. The van der Waals surface area contributed by atoms with E-state index in [-0.39, 0.29) is 6.04 Å². The quantitative estimate of drug-likeness (QED) is 0.720. The second kappa shape index (κ2) is 5.80. The van der Waals surface area contributed by atoms with Crippen molar-refractivity contribution < 1.29 is 9.53 Å². The molecule has 0 aliphatic carbocycles. The molecule has 1 heterocycles. The van der Waals surface area contributed by atoms with E-state index in [2.05, 4.69) is 26.6 Å². The molecule has 1 aliphatic rings. The normalized spacial score (nSPS) is 18.4. The lowest BCUT2D eigenvalue weighted by Crippen LogP contribution is -2.46. The van der Waals surface area contributed by atoms with Gasteiger partial charge in [0.1, 0.15) is 5.75 Å². The number of benzene rings is 1. The van der Waals surface area contributed by atoms with Crippen LogP contribution >= 0.6 is 28.1 Å². The van der Waals surface area contributed by atoms with Gasteiger partial charge in [-0.1, -0.05) is 6.07 Å². The topological polar surface area (TPSA) is 76.4 Å². The first-order chi connectivity index (χ1) is 9.43. The zero-order chi connectivity index (χ0) is 14.9. The molecule has 0 saturated carbocycles. The SMILES string of the molecule is COc1ccc([C@H]2NC(=S)NC(C)=C2C(N)=O)cc1Br. The molecule has 20 heavy (non-hydrogen) atoms. The molecule has 0 spiro atoms. The first-order valence-electron chi connectivity index (χ1n) is 5.85. The maximum atomic E-state index is 11.7. The van der Waals surface area contributed by atoms with Crippen LogP contribution in [0.15, 0.2) is 33.9 Å². The first kappa shape index (κ1) is 14.8. The third kappa shape index (κ3) is 2.78. The number of halogens is 1. The van der Waals surface area contributed by atoms with Crippen LogP contribution in [0.3, 0.4) is 0 Å². The second-order valence-electron chi connectivity index (χ2n) is 4.33. The predicted molar refractivity (Wildman–Crippen MR) is 84.2 cm³/mol. The molecule has 1 aliphatic heterocycles. The molecule has 4 N–H and O–H groups in total. The summed E-state index contributed by atoms with van der Waals surface area (Å²) in [5, 5.41) is 6.43. The van der Waals surface area contributed by atoms with Crippen LogP contribution < -0.4 is 21.1 Å². The minimum Gasteiger partial charge on any atom is -0.496 e. The number of allylic oxidation sites excluding steroid dienone is 1. The standard InChI is InChI=1S/C13H14BrN3O2S/c1-6-10(12(15)18)11(17-13(20)16-6)7-3-4-9(19-2)8(14)5-7/h3-5,11H,1-2H3,(H2,15,18)(H2,16,17,20)/t11-/m1/s1. The van der Waals surface area contributed by atoms with Crippen LogP contribution in [0.4, 0.5) is 0 Å². The fourth-order valence-corrected chi connectivity index (χ4v) is 2.96. The largest absolute Gasteiger partial charge is 0.496 e. The van der Waals surface area contributed by atoms with Gasteiger partial charge < -0.3 is 21.1 Å². The number of amides is 1. The number of ether oxygens (including phenoxy) is 1. The van der Waals surface area contributed by atoms with Crippen LogP contribution in [-0.2, 0) is 4.79 Å². The monoisotopic (exact) mass is 355 g/mol. The third-order valence-electron chi connectivity index (χ3n) is 3.04. The van der Waals surface area contributed by atoms with E-state index in [0.717, 1.165) is 10.0 Å². The molecule has 7 heteroatoms. The third-order valence-corrected chi connectivity index (χ3v) is 3.88. The van der Waals surface area contributed by atoms with Gasteiger partial charge in [-0.2, -0.15) is 0 Å². The fraction of sp³-hybridized carbons (Fsp3) is 0.231. The van der Waals surface area contributed by atoms with Crippen molar-refractivity contribution in [1.29, 1.82) is 0 Å². The number of nitrogens with one attached hydrogen (secondary N) is 2. The predicted octanol–water partition coefficient (Wildman–Crippen LogP) is 1.74. The molecular weight excluding hydrogens is 342 g/mol. The van der Waals surface area contributed by atoms with E-state index >= 15 is 0 Å². The molecule has 1 atom stereocenters. The van der Waals surface area contributed by atoms with Crippen molar-refractivity contribution in [1.82, 2.24) is 10.6 Å². The molecule has 2 rings (SSSR count). The molecule has 1 aromatic carbocycles. The molecular formula is C13H14BrN3O2S. The smallest absolute Gasteiger partial charge is 0.248 e. The Balaban J connectivity index is 2.49. The number of thiocarbonyl (C=S) groups is 1. The average Bonchev–Trinajstić information content (AvgIpc) is 2.37. The number of carbonyl (C=O) groups is 1. The minimum absolute atomic E-state index is 0.372. The summed E-state index contributed by atoms with van der Waals surface area (Å²) < 4.78 is 5.99.